The van der Waals surface area contributed by atoms with Crippen LogP contribution in [0.5, 0.6) is 0 Å². The van der Waals surface area contributed by atoms with Gasteiger partial charge in [0, 0.05) is 31.3 Å². The standard InChI is InChI=1S/C21H20F2N4O4/c22-21(23,16-3-1-2-8-24-16)20(31)25-10-12-4-5-14-13(9-12)11-27(19(14)30)15-6-7-17(28)26-18(15)29/h2,4-5,8-9,15H,1,3,6-7,10-11H2,(H,25,31)(H,26,28,29). The van der Waals surface area contributed by atoms with Crippen LogP contribution in [0.25, 0.3) is 0 Å². The van der Waals surface area contributed by atoms with Crippen molar-refractivity contribution in [1.29, 1.82) is 0 Å². The SMILES string of the molecule is O=C1CCC(N2Cc3cc(CNC(=O)C(F)(F)C4=NC=CCC4)ccc3C2=O)C(=O)N1. The Hall–Kier alpha value is -3.43. The lowest BCUT2D eigenvalue weighted by Gasteiger charge is -2.29. The minimum Gasteiger partial charge on any atom is -0.346 e. The number of nitrogens with zero attached hydrogens (tertiary/aromatic N) is 2. The average Bonchev–Trinajstić information content (AvgIpc) is 3.08. The molecule has 0 radical (unpaired) electrons. The number of hydrogen-bond acceptors (Lipinski definition) is 5. The fourth-order valence-electron chi connectivity index (χ4n) is 3.90. The molecule has 1 fully saturated rings. The van der Waals surface area contributed by atoms with Crippen molar-refractivity contribution in [2.24, 2.45) is 4.99 Å². The van der Waals surface area contributed by atoms with Crippen LogP contribution in [0.1, 0.15) is 47.2 Å². The maximum absolute atomic E-state index is 14.3. The Labute approximate surface area is 176 Å². The number of halogens is 2. The molecule has 0 saturated carbocycles. The number of hydrogen-bond donors (Lipinski definition) is 2. The van der Waals surface area contributed by atoms with E-state index in [-0.39, 0.29) is 44.2 Å². The first-order valence-electron chi connectivity index (χ1n) is 9.92. The van der Waals surface area contributed by atoms with Crippen molar-refractivity contribution in [2.75, 3.05) is 0 Å². The number of fused-ring (bicyclic) bond motifs is 1. The van der Waals surface area contributed by atoms with Gasteiger partial charge in [0.15, 0.2) is 0 Å². The number of carbonyl (C=O) groups excluding carboxylic acids is 4. The third-order valence-corrected chi connectivity index (χ3v) is 5.57. The highest BCUT2D eigenvalue weighted by molar-refractivity contribution is 6.10. The van der Waals surface area contributed by atoms with Crippen LogP contribution in [-0.2, 0) is 27.5 Å². The molecule has 10 heteroatoms. The zero-order valence-electron chi connectivity index (χ0n) is 16.5. The lowest BCUT2D eigenvalue weighted by atomic mass is 10.0. The monoisotopic (exact) mass is 430 g/mol. The van der Waals surface area contributed by atoms with Crippen molar-refractivity contribution in [3.8, 4) is 0 Å². The van der Waals surface area contributed by atoms with Crippen LogP contribution >= 0.6 is 0 Å². The van der Waals surface area contributed by atoms with Crippen LogP contribution in [0.2, 0.25) is 0 Å². The lowest BCUT2D eigenvalue weighted by molar-refractivity contribution is -0.138. The number of rotatable bonds is 5. The number of nitrogens with one attached hydrogen (secondary N) is 2. The summed E-state index contributed by atoms with van der Waals surface area (Å²) in [4.78, 5) is 53.2. The molecule has 1 aromatic carbocycles. The van der Waals surface area contributed by atoms with E-state index < -0.39 is 29.5 Å². The molecule has 4 rings (SSSR count). The van der Waals surface area contributed by atoms with Gasteiger partial charge in [-0.3, -0.25) is 29.5 Å². The number of carbonyl (C=O) groups is 4. The number of amides is 4. The number of benzene rings is 1. The van der Waals surface area contributed by atoms with E-state index in [1.807, 2.05) is 0 Å². The molecule has 3 aliphatic rings. The Bertz CT molecular complexity index is 1030. The highest BCUT2D eigenvalue weighted by Gasteiger charge is 2.44. The molecule has 162 valence electrons. The van der Waals surface area contributed by atoms with Gasteiger partial charge in [-0.05, 0) is 36.5 Å². The summed E-state index contributed by atoms with van der Waals surface area (Å²) in [6.45, 7) is 0.0267. The minimum atomic E-state index is -3.69. The first-order chi connectivity index (χ1) is 14.8. The van der Waals surface area contributed by atoms with Gasteiger partial charge in [0.2, 0.25) is 11.8 Å². The van der Waals surface area contributed by atoms with Crippen LogP contribution in [0, 0.1) is 0 Å². The second-order valence-electron chi connectivity index (χ2n) is 7.65. The van der Waals surface area contributed by atoms with E-state index in [1.54, 1.807) is 24.3 Å². The van der Waals surface area contributed by atoms with Crippen molar-refractivity contribution in [1.82, 2.24) is 15.5 Å². The summed E-state index contributed by atoms with van der Waals surface area (Å²) < 4.78 is 28.6. The van der Waals surface area contributed by atoms with Gasteiger partial charge in [0.25, 0.3) is 11.8 Å². The first kappa shape index (κ1) is 20.8. The number of imide groups is 1. The molecule has 4 amide bonds. The Morgan fingerprint density at radius 3 is 2.77 bits per heavy atom. The van der Waals surface area contributed by atoms with E-state index in [4.69, 9.17) is 0 Å². The third-order valence-electron chi connectivity index (χ3n) is 5.57. The molecule has 31 heavy (non-hydrogen) atoms. The highest BCUT2D eigenvalue weighted by atomic mass is 19.3. The fraction of sp³-hybridized carbons (Fsp3) is 0.381. The molecule has 1 aromatic rings. The summed E-state index contributed by atoms with van der Waals surface area (Å²) in [6.07, 6.45) is 3.76. The second kappa shape index (κ2) is 8.01. The van der Waals surface area contributed by atoms with E-state index in [2.05, 4.69) is 15.6 Å². The summed E-state index contributed by atoms with van der Waals surface area (Å²) in [5.41, 5.74) is 1.13. The van der Waals surface area contributed by atoms with Crippen molar-refractivity contribution in [3.05, 3.63) is 47.2 Å². The van der Waals surface area contributed by atoms with E-state index >= 15 is 0 Å². The van der Waals surface area contributed by atoms with Gasteiger partial charge >= 0.3 is 5.92 Å². The van der Waals surface area contributed by atoms with E-state index in [0.717, 1.165) is 0 Å². The second-order valence-corrected chi connectivity index (χ2v) is 7.65. The van der Waals surface area contributed by atoms with Crippen molar-refractivity contribution < 1.29 is 28.0 Å². The number of alkyl halides is 2. The lowest BCUT2D eigenvalue weighted by Crippen LogP contribution is -2.52. The van der Waals surface area contributed by atoms with Crippen molar-refractivity contribution >= 4 is 29.3 Å². The van der Waals surface area contributed by atoms with Gasteiger partial charge < -0.3 is 10.2 Å². The Kier molecular flexibility index (Phi) is 5.38. The largest absolute Gasteiger partial charge is 0.362 e. The Morgan fingerprint density at radius 2 is 2.06 bits per heavy atom. The summed E-state index contributed by atoms with van der Waals surface area (Å²) in [5.74, 6) is -6.32. The van der Waals surface area contributed by atoms with E-state index in [9.17, 15) is 28.0 Å². The summed E-state index contributed by atoms with van der Waals surface area (Å²) >= 11 is 0. The quantitative estimate of drug-likeness (QED) is 0.690. The molecule has 0 aliphatic carbocycles. The predicted octanol–water partition coefficient (Wildman–Crippen LogP) is 1.45. The molecule has 1 saturated heterocycles. The molecular weight excluding hydrogens is 410 g/mol. The van der Waals surface area contributed by atoms with Crippen LogP contribution in [0.3, 0.4) is 0 Å². The predicted molar refractivity (Wildman–Crippen MR) is 105 cm³/mol. The van der Waals surface area contributed by atoms with E-state index in [0.29, 0.717) is 23.1 Å². The summed E-state index contributed by atoms with van der Waals surface area (Å²) in [7, 11) is 0. The Morgan fingerprint density at radius 1 is 1.26 bits per heavy atom. The third kappa shape index (κ3) is 3.97. The summed E-state index contributed by atoms with van der Waals surface area (Å²) in [6, 6.07) is 4.05. The van der Waals surface area contributed by atoms with Crippen molar-refractivity contribution in [3.63, 3.8) is 0 Å². The molecule has 3 heterocycles. The van der Waals surface area contributed by atoms with Gasteiger partial charge in [0.1, 0.15) is 6.04 Å². The Balaban J connectivity index is 1.42. The van der Waals surface area contributed by atoms with Gasteiger partial charge in [-0.1, -0.05) is 18.2 Å². The number of allylic oxidation sites excluding steroid dienone is 1. The topological polar surface area (TPSA) is 108 Å². The van der Waals surface area contributed by atoms with Gasteiger partial charge in [-0.25, -0.2) is 0 Å². The van der Waals surface area contributed by atoms with E-state index in [1.165, 1.54) is 11.1 Å². The first-order valence-corrected chi connectivity index (χ1v) is 9.92. The maximum atomic E-state index is 14.3. The molecule has 0 bridgehead atoms. The normalized spacial score (nSPS) is 21.0. The van der Waals surface area contributed by atoms with Gasteiger partial charge in [-0.15, -0.1) is 0 Å². The fourth-order valence-corrected chi connectivity index (χ4v) is 3.90. The molecule has 0 spiro atoms. The van der Waals surface area contributed by atoms with Crippen LogP contribution in [-0.4, -0.2) is 46.2 Å². The van der Waals surface area contributed by atoms with Crippen LogP contribution in [0.4, 0.5) is 8.78 Å². The van der Waals surface area contributed by atoms with Gasteiger partial charge in [0.05, 0.1) is 5.71 Å². The van der Waals surface area contributed by atoms with Gasteiger partial charge in [-0.2, -0.15) is 8.78 Å². The molecule has 3 aliphatic heterocycles. The van der Waals surface area contributed by atoms with Crippen molar-refractivity contribution in [2.45, 2.75) is 50.7 Å². The summed E-state index contributed by atoms with van der Waals surface area (Å²) in [5, 5.41) is 4.47. The molecule has 0 aromatic heterocycles. The molecule has 2 N–H and O–H groups in total. The average molecular weight is 430 g/mol. The molecular formula is C21H20F2N4O4. The maximum Gasteiger partial charge on any atom is 0.362 e. The number of aliphatic imine (C=N–C) groups is 1. The number of piperidine rings is 1. The zero-order valence-corrected chi connectivity index (χ0v) is 16.5. The highest BCUT2D eigenvalue weighted by Crippen LogP contribution is 2.28. The molecule has 1 unspecified atom stereocenters. The zero-order chi connectivity index (χ0) is 22.2. The van der Waals surface area contributed by atoms with Crippen LogP contribution in [0.15, 0.2) is 35.5 Å². The smallest absolute Gasteiger partial charge is 0.346 e. The van der Waals surface area contributed by atoms with Crippen LogP contribution < -0.4 is 10.6 Å². The minimum absolute atomic E-state index is 0.0219. The molecule has 1 atom stereocenters. The molecule has 8 nitrogen and oxygen atoms in total.